The average molecular weight is 485 g/mol. The molecule has 178 valence electrons. The van der Waals surface area contributed by atoms with Crippen molar-refractivity contribution in [3.8, 4) is 0 Å². The molecule has 2 aliphatic heterocycles. The second kappa shape index (κ2) is 9.09. The van der Waals surface area contributed by atoms with Crippen LogP contribution in [0, 0.1) is 16.0 Å². The summed E-state index contributed by atoms with van der Waals surface area (Å²) in [5.74, 6) is -1.91. The molecule has 2 aromatic carbocycles. The van der Waals surface area contributed by atoms with Crippen LogP contribution in [0.25, 0.3) is 0 Å². The van der Waals surface area contributed by atoms with Crippen LogP contribution < -0.4 is 0 Å². The monoisotopic (exact) mass is 484 g/mol. The summed E-state index contributed by atoms with van der Waals surface area (Å²) in [4.78, 5) is 50.0. The molecule has 34 heavy (non-hydrogen) atoms. The van der Waals surface area contributed by atoms with Crippen molar-refractivity contribution in [2.45, 2.75) is 49.5 Å². The number of carbonyl (C=O) groups is 3. The summed E-state index contributed by atoms with van der Waals surface area (Å²) in [6, 6.07) is 13.7. The number of fused-ring (bicyclic) bond motifs is 1. The number of nitro groups is 1. The number of nitro benzene ring substituents is 1. The molecule has 1 amide bonds. The molecule has 0 radical (unpaired) electrons. The minimum Gasteiger partial charge on any atom is -0.459 e. The van der Waals surface area contributed by atoms with Gasteiger partial charge in [-0.2, -0.15) is 0 Å². The zero-order chi connectivity index (χ0) is 24.6. The van der Waals surface area contributed by atoms with Crippen molar-refractivity contribution in [1.29, 1.82) is 0 Å². The first-order valence-electron chi connectivity index (χ1n) is 10.8. The fraction of sp³-hybridized carbons (Fsp3) is 0.375. The number of non-ortho nitro benzene ring substituents is 1. The highest BCUT2D eigenvalue weighted by molar-refractivity contribution is 7.87. The van der Waals surface area contributed by atoms with Gasteiger partial charge in [-0.1, -0.05) is 30.3 Å². The van der Waals surface area contributed by atoms with Gasteiger partial charge < -0.3 is 9.64 Å². The highest BCUT2D eigenvalue weighted by Crippen LogP contribution is 2.47. The summed E-state index contributed by atoms with van der Waals surface area (Å²) in [6.07, 6.45) is 0.162. The number of carbonyl (C=O) groups excluding carboxylic acids is 3. The van der Waals surface area contributed by atoms with Crippen LogP contribution in [0.5, 0.6) is 0 Å². The van der Waals surface area contributed by atoms with Crippen molar-refractivity contribution < 1.29 is 28.3 Å². The standard InChI is InChI=1S/C24H24N2O7S/c1-24(2)20(23(29)33-14-16-8-10-17(11-9-16)26(30)31)25-21(28)19(22(25)34(24)32)13-18(27)12-15-6-4-3-5-7-15/h3-11,19-20,22H,12-14H2,1-2H3/t19-,20+,22-,34?/m1/s1. The zero-order valence-electron chi connectivity index (χ0n) is 18.7. The zero-order valence-corrected chi connectivity index (χ0v) is 19.5. The average Bonchev–Trinajstić information content (AvgIpc) is 3.00. The predicted octanol–water partition coefficient (Wildman–Crippen LogP) is 2.53. The number of esters is 1. The Morgan fingerprint density at radius 3 is 2.35 bits per heavy atom. The first kappa shape index (κ1) is 23.7. The van der Waals surface area contributed by atoms with Gasteiger partial charge in [0.1, 0.15) is 23.8 Å². The first-order chi connectivity index (χ1) is 16.1. The fourth-order valence-electron chi connectivity index (χ4n) is 4.51. The molecule has 0 aliphatic carbocycles. The van der Waals surface area contributed by atoms with E-state index in [0.29, 0.717) is 5.56 Å². The number of ether oxygens (including phenoxy) is 1. The van der Waals surface area contributed by atoms with E-state index in [9.17, 15) is 28.7 Å². The lowest BCUT2D eigenvalue weighted by Gasteiger charge is -2.43. The first-order valence-corrected chi connectivity index (χ1v) is 12.0. The van der Waals surface area contributed by atoms with Crippen LogP contribution in [0.1, 0.15) is 31.4 Å². The third kappa shape index (κ3) is 4.25. The number of benzene rings is 2. The van der Waals surface area contributed by atoms with E-state index < -0.39 is 43.8 Å². The lowest BCUT2D eigenvalue weighted by Crippen LogP contribution is -2.63. The van der Waals surface area contributed by atoms with Crippen molar-refractivity contribution in [3.63, 3.8) is 0 Å². The third-order valence-electron chi connectivity index (χ3n) is 6.31. The smallest absolute Gasteiger partial charge is 0.330 e. The van der Waals surface area contributed by atoms with Crippen LogP contribution in [0.15, 0.2) is 54.6 Å². The van der Waals surface area contributed by atoms with E-state index >= 15 is 0 Å². The molecule has 2 aromatic rings. The molecule has 4 atom stereocenters. The van der Waals surface area contributed by atoms with Crippen LogP contribution in [-0.2, 0) is 42.9 Å². The Bertz CT molecular complexity index is 1160. The Hall–Kier alpha value is -3.40. The fourth-order valence-corrected chi connectivity index (χ4v) is 6.50. The molecule has 0 bridgehead atoms. The molecular weight excluding hydrogens is 460 g/mol. The highest BCUT2D eigenvalue weighted by Gasteiger charge is 2.68. The quantitative estimate of drug-likeness (QED) is 0.244. The van der Waals surface area contributed by atoms with Crippen molar-refractivity contribution in [1.82, 2.24) is 4.90 Å². The Labute approximate surface area is 198 Å². The molecule has 0 aromatic heterocycles. The number of nitrogens with zero attached hydrogens (tertiary/aromatic N) is 2. The van der Waals surface area contributed by atoms with Gasteiger partial charge in [0, 0.05) is 25.0 Å². The topological polar surface area (TPSA) is 124 Å². The number of β-lactam (4-membered cyclic amide) rings is 1. The number of Topliss-reactive ketones (excluding diaryl/α,β-unsaturated/α-hetero) is 1. The van der Waals surface area contributed by atoms with Gasteiger partial charge >= 0.3 is 5.97 Å². The van der Waals surface area contributed by atoms with E-state index in [1.54, 1.807) is 13.8 Å². The van der Waals surface area contributed by atoms with Crippen LogP contribution in [0.4, 0.5) is 5.69 Å². The number of ketones is 1. The summed E-state index contributed by atoms with van der Waals surface area (Å²) in [5, 5.41) is 10.1. The predicted molar refractivity (Wildman–Crippen MR) is 123 cm³/mol. The Morgan fingerprint density at radius 2 is 1.74 bits per heavy atom. The largest absolute Gasteiger partial charge is 0.459 e. The number of amides is 1. The molecule has 2 saturated heterocycles. The second-order valence-corrected chi connectivity index (χ2v) is 11.1. The molecule has 0 N–H and O–H groups in total. The maximum atomic E-state index is 13.2. The molecule has 0 saturated carbocycles. The molecule has 10 heteroatoms. The van der Waals surface area contributed by atoms with Crippen molar-refractivity contribution in [2.75, 3.05) is 0 Å². The molecule has 2 aliphatic rings. The summed E-state index contributed by atoms with van der Waals surface area (Å²) < 4.78 is 17.5. The maximum Gasteiger partial charge on any atom is 0.330 e. The molecule has 2 fully saturated rings. The third-order valence-corrected chi connectivity index (χ3v) is 8.56. The number of hydrogen-bond acceptors (Lipinski definition) is 7. The van der Waals surface area contributed by atoms with E-state index in [1.165, 1.54) is 29.2 Å². The Kier molecular flexibility index (Phi) is 6.35. The van der Waals surface area contributed by atoms with Gasteiger partial charge in [-0.05, 0) is 37.1 Å². The van der Waals surface area contributed by atoms with E-state index in [-0.39, 0.29) is 36.8 Å². The van der Waals surface area contributed by atoms with Crippen LogP contribution in [0.3, 0.4) is 0 Å². The van der Waals surface area contributed by atoms with Gasteiger partial charge in [-0.3, -0.25) is 23.9 Å². The van der Waals surface area contributed by atoms with E-state index in [2.05, 4.69) is 0 Å². The Morgan fingerprint density at radius 1 is 1.09 bits per heavy atom. The minimum atomic E-state index is -1.56. The van der Waals surface area contributed by atoms with Gasteiger partial charge in [0.15, 0.2) is 0 Å². The lowest BCUT2D eigenvalue weighted by molar-refractivity contribution is -0.384. The molecule has 0 spiro atoms. The van der Waals surface area contributed by atoms with Crippen LogP contribution in [-0.4, -0.2) is 47.9 Å². The molecule has 9 nitrogen and oxygen atoms in total. The van der Waals surface area contributed by atoms with Crippen molar-refractivity contribution in [2.24, 2.45) is 5.92 Å². The van der Waals surface area contributed by atoms with Gasteiger partial charge in [-0.15, -0.1) is 0 Å². The van der Waals surface area contributed by atoms with Gasteiger partial charge in [0.05, 0.1) is 26.4 Å². The van der Waals surface area contributed by atoms with Gasteiger partial charge in [0.2, 0.25) is 5.91 Å². The van der Waals surface area contributed by atoms with Crippen LogP contribution in [0.2, 0.25) is 0 Å². The molecule has 4 rings (SSSR count). The molecular formula is C24H24N2O7S. The van der Waals surface area contributed by atoms with Gasteiger partial charge in [0.25, 0.3) is 5.69 Å². The number of rotatable bonds is 8. The van der Waals surface area contributed by atoms with E-state index in [1.807, 2.05) is 30.3 Å². The summed E-state index contributed by atoms with van der Waals surface area (Å²) >= 11 is 0. The molecule has 2 heterocycles. The summed E-state index contributed by atoms with van der Waals surface area (Å²) in [7, 11) is -1.56. The summed E-state index contributed by atoms with van der Waals surface area (Å²) in [5.41, 5.74) is 1.31. The lowest BCUT2D eigenvalue weighted by atomic mass is 9.87. The van der Waals surface area contributed by atoms with Gasteiger partial charge in [-0.25, -0.2) is 4.79 Å². The summed E-state index contributed by atoms with van der Waals surface area (Å²) in [6.45, 7) is 3.16. The van der Waals surface area contributed by atoms with Crippen LogP contribution >= 0.6 is 0 Å². The van der Waals surface area contributed by atoms with E-state index in [4.69, 9.17) is 4.74 Å². The van der Waals surface area contributed by atoms with Crippen molar-refractivity contribution >= 4 is 34.1 Å². The SMILES string of the molecule is CC1(C)[C@H](C(=O)OCc2ccc([N+](=O)[O-])cc2)N2C(=O)[C@@H](CC(=O)Cc3ccccc3)[C@H]2S1=O. The van der Waals surface area contributed by atoms with Crippen molar-refractivity contribution in [3.05, 3.63) is 75.8 Å². The highest BCUT2D eigenvalue weighted by atomic mass is 32.2. The minimum absolute atomic E-state index is 0.0265. The Balaban J connectivity index is 1.42. The number of hydrogen-bond donors (Lipinski definition) is 0. The second-order valence-electron chi connectivity index (χ2n) is 8.98. The normalized spacial score (nSPS) is 24.8. The van der Waals surface area contributed by atoms with E-state index in [0.717, 1.165) is 5.56 Å². The maximum absolute atomic E-state index is 13.2. The molecule has 1 unspecified atom stereocenters.